The van der Waals surface area contributed by atoms with E-state index in [0.29, 0.717) is 43.4 Å². The van der Waals surface area contributed by atoms with Crippen molar-refractivity contribution in [3.8, 4) is 0 Å². The molecule has 29 heavy (non-hydrogen) atoms. The summed E-state index contributed by atoms with van der Waals surface area (Å²) in [7, 11) is 0. The summed E-state index contributed by atoms with van der Waals surface area (Å²) in [6.07, 6.45) is 22.7. The molecule has 0 spiro atoms. The molecule has 1 aliphatic carbocycles. The minimum absolute atomic E-state index is 0.00671. The van der Waals surface area contributed by atoms with Crippen LogP contribution in [-0.4, -0.2) is 37.0 Å². The smallest absolute Gasteiger partial charge is 0.305 e. The molecule has 2 saturated heterocycles. The van der Waals surface area contributed by atoms with E-state index in [4.69, 9.17) is 14.2 Å². The first-order valence-electron chi connectivity index (χ1n) is 12.7. The van der Waals surface area contributed by atoms with Gasteiger partial charge in [0.25, 0.3) is 0 Å². The first-order valence-corrected chi connectivity index (χ1v) is 12.7. The summed E-state index contributed by atoms with van der Waals surface area (Å²) >= 11 is 0. The molecule has 2 heterocycles. The number of fused-ring (bicyclic) bond motifs is 1. The maximum Gasteiger partial charge on any atom is 0.305 e. The molecule has 4 heteroatoms. The molecule has 3 fully saturated rings. The lowest BCUT2D eigenvalue weighted by Crippen LogP contribution is -2.20. The van der Waals surface area contributed by atoms with E-state index in [-0.39, 0.29) is 5.97 Å². The molecule has 0 amide bonds. The maximum atomic E-state index is 11.9. The van der Waals surface area contributed by atoms with Crippen molar-refractivity contribution < 1.29 is 19.0 Å². The summed E-state index contributed by atoms with van der Waals surface area (Å²) in [5.74, 6) is 0.519. The lowest BCUT2D eigenvalue weighted by molar-refractivity contribution is -0.145. The summed E-state index contributed by atoms with van der Waals surface area (Å²) in [5, 5.41) is 0. The van der Waals surface area contributed by atoms with Gasteiger partial charge in [0.05, 0.1) is 31.0 Å². The molecular weight excluding hydrogens is 364 g/mol. The summed E-state index contributed by atoms with van der Waals surface area (Å²) < 4.78 is 16.8. The predicted molar refractivity (Wildman–Crippen MR) is 116 cm³/mol. The van der Waals surface area contributed by atoms with Crippen molar-refractivity contribution >= 4 is 5.97 Å². The Hall–Kier alpha value is -0.610. The SMILES string of the molecule is CCCCCCCCC1OC1CCCCCCCC(=O)OCC1CCC2OC2C1. The van der Waals surface area contributed by atoms with E-state index in [0.717, 1.165) is 32.1 Å². The average molecular weight is 409 g/mol. The maximum absolute atomic E-state index is 11.9. The van der Waals surface area contributed by atoms with Crippen molar-refractivity contribution in [1.29, 1.82) is 0 Å². The summed E-state index contributed by atoms with van der Waals surface area (Å²) in [6.45, 7) is 2.88. The predicted octanol–water partition coefficient (Wildman–Crippen LogP) is 6.35. The minimum atomic E-state index is -0.00671. The van der Waals surface area contributed by atoms with E-state index < -0.39 is 0 Å². The van der Waals surface area contributed by atoms with Crippen molar-refractivity contribution in [1.82, 2.24) is 0 Å². The van der Waals surface area contributed by atoms with Gasteiger partial charge in [-0.1, -0.05) is 71.1 Å². The number of ether oxygens (including phenoxy) is 3. The molecule has 0 aromatic rings. The molecule has 0 aromatic carbocycles. The van der Waals surface area contributed by atoms with Gasteiger partial charge in [0.1, 0.15) is 0 Å². The number of carbonyl (C=O) groups is 1. The van der Waals surface area contributed by atoms with E-state index in [1.807, 2.05) is 0 Å². The van der Waals surface area contributed by atoms with Crippen LogP contribution in [0.15, 0.2) is 0 Å². The molecule has 3 rings (SSSR count). The summed E-state index contributed by atoms with van der Waals surface area (Å²) in [5.41, 5.74) is 0. The van der Waals surface area contributed by atoms with Crippen LogP contribution in [0.3, 0.4) is 0 Å². The second-order valence-electron chi connectivity index (χ2n) is 9.65. The third-order valence-electron chi connectivity index (χ3n) is 6.99. The van der Waals surface area contributed by atoms with Crippen molar-refractivity contribution in [3.05, 3.63) is 0 Å². The van der Waals surface area contributed by atoms with Gasteiger partial charge in [-0.2, -0.15) is 0 Å². The van der Waals surface area contributed by atoms with Gasteiger partial charge >= 0.3 is 5.97 Å². The average Bonchev–Trinajstić information content (AvgIpc) is 3.64. The Labute approximate surface area is 178 Å². The van der Waals surface area contributed by atoms with Crippen molar-refractivity contribution in [2.45, 2.75) is 140 Å². The van der Waals surface area contributed by atoms with Crippen LogP contribution in [0, 0.1) is 5.92 Å². The van der Waals surface area contributed by atoms with Crippen LogP contribution in [0.5, 0.6) is 0 Å². The van der Waals surface area contributed by atoms with Crippen LogP contribution in [0.2, 0.25) is 0 Å². The van der Waals surface area contributed by atoms with Crippen LogP contribution in [0.1, 0.15) is 116 Å². The quantitative estimate of drug-likeness (QED) is 0.160. The van der Waals surface area contributed by atoms with Gasteiger partial charge in [-0.05, 0) is 44.4 Å². The van der Waals surface area contributed by atoms with Crippen LogP contribution in [-0.2, 0) is 19.0 Å². The molecule has 5 atom stereocenters. The van der Waals surface area contributed by atoms with Crippen LogP contribution in [0.25, 0.3) is 0 Å². The number of hydrogen-bond donors (Lipinski definition) is 0. The molecule has 0 aromatic heterocycles. The highest BCUT2D eigenvalue weighted by Crippen LogP contribution is 2.39. The number of hydrogen-bond acceptors (Lipinski definition) is 4. The molecule has 0 N–H and O–H groups in total. The number of epoxide rings is 2. The largest absolute Gasteiger partial charge is 0.465 e. The zero-order valence-corrected chi connectivity index (χ0v) is 18.7. The molecular formula is C25H44O4. The van der Waals surface area contributed by atoms with Crippen molar-refractivity contribution in [3.63, 3.8) is 0 Å². The lowest BCUT2D eigenvalue weighted by atomic mass is 9.90. The van der Waals surface area contributed by atoms with E-state index in [1.54, 1.807) is 0 Å². The fraction of sp³-hybridized carbons (Fsp3) is 0.960. The topological polar surface area (TPSA) is 51.4 Å². The fourth-order valence-corrected chi connectivity index (χ4v) is 4.88. The van der Waals surface area contributed by atoms with Crippen LogP contribution >= 0.6 is 0 Å². The van der Waals surface area contributed by atoms with Gasteiger partial charge in [-0.3, -0.25) is 4.79 Å². The number of carbonyl (C=O) groups excluding carboxylic acids is 1. The van der Waals surface area contributed by atoms with Gasteiger partial charge in [0, 0.05) is 6.42 Å². The Morgan fingerprint density at radius 2 is 1.45 bits per heavy atom. The number of esters is 1. The van der Waals surface area contributed by atoms with Gasteiger partial charge in [0.15, 0.2) is 0 Å². The molecule has 168 valence electrons. The van der Waals surface area contributed by atoms with Crippen LogP contribution in [0.4, 0.5) is 0 Å². The Morgan fingerprint density at radius 3 is 2.14 bits per heavy atom. The lowest BCUT2D eigenvalue weighted by Gasteiger charge is -2.18. The summed E-state index contributed by atoms with van der Waals surface area (Å²) in [4.78, 5) is 11.9. The number of rotatable bonds is 17. The molecule has 0 bridgehead atoms. The normalized spacial score (nSPS) is 30.0. The molecule has 5 unspecified atom stereocenters. The molecule has 2 aliphatic heterocycles. The van der Waals surface area contributed by atoms with Crippen LogP contribution < -0.4 is 0 Å². The minimum Gasteiger partial charge on any atom is -0.465 e. The molecule has 4 nitrogen and oxygen atoms in total. The van der Waals surface area contributed by atoms with Gasteiger partial charge in [-0.15, -0.1) is 0 Å². The Balaban J connectivity index is 1.04. The van der Waals surface area contributed by atoms with E-state index >= 15 is 0 Å². The van der Waals surface area contributed by atoms with Gasteiger partial charge in [-0.25, -0.2) is 0 Å². The Bertz CT molecular complexity index is 466. The van der Waals surface area contributed by atoms with E-state index in [9.17, 15) is 4.79 Å². The number of unbranched alkanes of at least 4 members (excludes halogenated alkanes) is 9. The third-order valence-corrected chi connectivity index (χ3v) is 6.99. The highest BCUT2D eigenvalue weighted by molar-refractivity contribution is 5.69. The zero-order chi connectivity index (χ0) is 20.3. The van der Waals surface area contributed by atoms with E-state index in [1.165, 1.54) is 70.6 Å². The summed E-state index contributed by atoms with van der Waals surface area (Å²) in [6, 6.07) is 0. The monoisotopic (exact) mass is 408 g/mol. The van der Waals surface area contributed by atoms with E-state index in [2.05, 4.69) is 6.92 Å². The third kappa shape index (κ3) is 9.38. The first kappa shape index (κ1) is 23.1. The zero-order valence-electron chi connectivity index (χ0n) is 18.7. The Morgan fingerprint density at radius 1 is 0.793 bits per heavy atom. The highest BCUT2D eigenvalue weighted by Gasteiger charge is 2.44. The van der Waals surface area contributed by atoms with Crippen molar-refractivity contribution in [2.75, 3.05) is 6.61 Å². The first-order chi connectivity index (χ1) is 14.3. The standard InChI is InChI=1S/C25H44O4/c1-2-3-4-5-7-10-13-21-22(28-21)14-11-8-6-9-12-15-25(26)27-19-20-16-17-23-24(18-20)29-23/h20-24H,2-19H2,1H3. The second kappa shape index (κ2) is 12.9. The molecule has 3 aliphatic rings. The Kier molecular flexibility index (Phi) is 10.3. The van der Waals surface area contributed by atoms with Gasteiger partial charge < -0.3 is 14.2 Å². The fourth-order valence-electron chi connectivity index (χ4n) is 4.88. The second-order valence-corrected chi connectivity index (χ2v) is 9.65. The van der Waals surface area contributed by atoms with Crippen molar-refractivity contribution in [2.24, 2.45) is 5.92 Å². The highest BCUT2D eigenvalue weighted by atomic mass is 16.6. The molecule has 0 radical (unpaired) electrons. The van der Waals surface area contributed by atoms with Gasteiger partial charge in [0.2, 0.25) is 0 Å². The molecule has 1 saturated carbocycles.